The molecule has 0 fully saturated rings. The zero-order valence-electron chi connectivity index (χ0n) is 7.54. The summed E-state index contributed by atoms with van der Waals surface area (Å²) in [7, 11) is 3.78. The molecule has 0 heterocycles. The largest absolute Gasteiger partial charge is 0.355 e. The predicted octanol–water partition coefficient (Wildman–Crippen LogP) is 2.60. The van der Waals surface area contributed by atoms with Crippen LogP contribution in [0.3, 0.4) is 0 Å². The Morgan fingerprint density at radius 2 is 2.15 bits per heavy atom. The summed E-state index contributed by atoms with van der Waals surface area (Å²) < 4.78 is 0. The molecule has 0 unspecified atom stereocenters. The molecule has 0 radical (unpaired) electrons. The van der Waals surface area contributed by atoms with Gasteiger partial charge < -0.3 is 10.2 Å². The Hall–Kier alpha value is -0.800. The summed E-state index contributed by atoms with van der Waals surface area (Å²) in [6, 6.07) is 7.45. The monoisotopic (exact) mass is 214 g/mol. The van der Waals surface area contributed by atoms with Crippen LogP contribution in [-0.4, -0.2) is 24.1 Å². The molecule has 1 rings (SSSR count). The van der Waals surface area contributed by atoms with E-state index in [1.54, 1.807) is 0 Å². The lowest BCUT2D eigenvalue weighted by atomic mass is 10.3. The van der Waals surface area contributed by atoms with Crippen molar-refractivity contribution in [3.8, 4) is 0 Å². The molecule has 0 aliphatic rings. The van der Waals surface area contributed by atoms with Gasteiger partial charge in [0.2, 0.25) is 0 Å². The van der Waals surface area contributed by atoms with E-state index < -0.39 is 0 Å². The number of anilines is 1. The summed E-state index contributed by atoms with van der Waals surface area (Å²) in [6.45, 7) is 0. The highest BCUT2D eigenvalue weighted by Gasteiger charge is 1.98. The third-order valence-corrected chi connectivity index (χ3v) is 2.18. The summed E-state index contributed by atoms with van der Waals surface area (Å²) in [5, 5.41) is 4.42. The van der Waals surface area contributed by atoms with Crippen LogP contribution < -0.4 is 5.32 Å². The van der Waals surface area contributed by atoms with Gasteiger partial charge >= 0.3 is 0 Å². The Labute approximate surface area is 88.5 Å². The number of benzene rings is 1. The first-order valence-corrected chi connectivity index (χ1v) is 4.62. The topological polar surface area (TPSA) is 15.3 Å². The van der Waals surface area contributed by atoms with E-state index in [9.17, 15) is 0 Å². The number of hydrogen-bond donors (Lipinski definition) is 1. The number of thiocarbonyl (C=S) groups is 1. The molecular weight excluding hydrogens is 204 g/mol. The molecule has 0 saturated carbocycles. The first-order chi connectivity index (χ1) is 6.09. The SMILES string of the molecule is CN(C)C(=S)Nc1cccc(Cl)c1. The van der Waals surface area contributed by atoms with Gasteiger partial charge in [0.1, 0.15) is 0 Å². The smallest absolute Gasteiger partial charge is 0.172 e. The molecule has 0 atom stereocenters. The van der Waals surface area contributed by atoms with Crippen LogP contribution in [0.2, 0.25) is 5.02 Å². The average molecular weight is 215 g/mol. The Morgan fingerprint density at radius 1 is 1.46 bits per heavy atom. The van der Waals surface area contributed by atoms with E-state index in [1.165, 1.54) is 0 Å². The molecule has 0 aliphatic heterocycles. The van der Waals surface area contributed by atoms with Gasteiger partial charge in [-0.25, -0.2) is 0 Å². The van der Waals surface area contributed by atoms with Crippen LogP contribution in [0.15, 0.2) is 24.3 Å². The molecule has 13 heavy (non-hydrogen) atoms. The van der Waals surface area contributed by atoms with Gasteiger partial charge in [0, 0.05) is 24.8 Å². The highest BCUT2D eigenvalue weighted by Crippen LogP contribution is 2.14. The minimum absolute atomic E-state index is 0.669. The van der Waals surface area contributed by atoms with Crippen molar-refractivity contribution < 1.29 is 0 Å². The van der Waals surface area contributed by atoms with Crippen LogP contribution in [0, 0.1) is 0 Å². The molecule has 1 aromatic rings. The zero-order valence-corrected chi connectivity index (χ0v) is 9.12. The van der Waals surface area contributed by atoms with E-state index in [4.69, 9.17) is 23.8 Å². The fourth-order valence-electron chi connectivity index (χ4n) is 0.802. The summed E-state index contributed by atoms with van der Waals surface area (Å²) >= 11 is 10.9. The molecule has 0 bridgehead atoms. The molecule has 4 heteroatoms. The normalized spacial score (nSPS) is 9.46. The lowest BCUT2D eigenvalue weighted by molar-refractivity contribution is 0.634. The number of rotatable bonds is 1. The van der Waals surface area contributed by atoms with E-state index in [0.29, 0.717) is 10.1 Å². The highest BCUT2D eigenvalue weighted by atomic mass is 35.5. The summed E-state index contributed by atoms with van der Waals surface area (Å²) in [6.07, 6.45) is 0. The Balaban J connectivity index is 2.69. The Kier molecular flexibility index (Phi) is 3.51. The maximum Gasteiger partial charge on any atom is 0.172 e. The van der Waals surface area contributed by atoms with Crippen molar-refractivity contribution in [2.24, 2.45) is 0 Å². The molecule has 0 spiro atoms. The van der Waals surface area contributed by atoms with Crippen LogP contribution >= 0.6 is 23.8 Å². The average Bonchev–Trinajstić information content (AvgIpc) is 2.04. The molecule has 2 nitrogen and oxygen atoms in total. The lowest BCUT2D eigenvalue weighted by Gasteiger charge is -2.15. The molecule has 0 aromatic heterocycles. The second-order valence-electron chi connectivity index (χ2n) is 2.83. The molecule has 0 aliphatic carbocycles. The number of nitrogens with one attached hydrogen (secondary N) is 1. The van der Waals surface area contributed by atoms with E-state index in [-0.39, 0.29) is 0 Å². The molecule has 1 aromatic carbocycles. The van der Waals surface area contributed by atoms with Crippen molar-refractivity contribution in [3.05, 3.63) is 29.3 Å². The van der Waals surface area contributed by atoms with Crippen molar-refractivity contribution >= 4 is 34.6 Å². The van der Waals surface area contributed by atoms with Crippen molar-refractivity contribution in [1.29, 1.82) is 0 Å². The third-order valence-electron chi connectivity index (χ3n) is 1.48. The first kappa shape index (κ1) is 10.3. The zero-order chi connectivity index (χ0) is 9.84. The second kappa shape index (κ2) is 4.44. The van der Waals surface area contributed by atoms with E-state index >= 15 is 0 Å². The Bertz CT molecular complexity index is 312. The summed E-state index contributed by atoms with van der Waals surface area (Å²) in [5.74, 6) is 0. The highest BCUT2D eigenvalue weighted by molar-refractivity contribution is 7.80. The number of nitrogens with zero attached hydrogens (tertiary/aromatic N) is 1. The maximum absolute atomic E-state index is 5.81. The van der Waals surface area contributed by atoms with Gasteiger partial charge in [0.25, 0.3) is 0 Å². The first-order valence-electron chi connectivity index (χ1n) is 3.83. The predicted molar refractivity (Wildman–Crippen MR) is 61.4 cm³/mol. The summed E-state index contributed by atoms with van der Waals surface area (Å²) in [4.78, 5) is 1.83. The maximum atomic E-state index is 5.81. The van der Waals surface area contributed by atoms with Crippen LogP contribution in [-0.2, 0) is 0 Å². The lowest BCUT2D eigenvalue weighted by Crippen LogP contribution is -2.26. The van der Waals surface area contributed by atoms with Crippen molar-refractivity contribution in [3.63, 3.8) is 0 Å². The summed E-state index contributed by atoms with van der Waals surface area (Å²) in [5.41, 5.74) is 0.909. The van der Waals surface area contributed by atoms with Gasteiger partial charge in [-0.05, 0) is 30.4 Å². The van der Waals surface area contributed by atoms with E-state index in [1.807, 2.05) is 43.3 Å². The van der Waals surface area contributed by atoms with Crippen LogP contribution in [0.4, 0.5) is 5.69 Å². The van der Waals surface area contributed by atoms with Crippen LogP contribution in [0.1, 0.15) is 0 Å². The molecule has 0 amide bonds. The fourth-order valence-corrected chi connectivity index (χ4v) is 1.11. The standard InChI is InChI=1S/C9H11ClN2S/c1-12(2)9(13)11-8-5-3-4-7(10)6-8/h3-6H,1-2H3,(H,11,13). The van der Waals surface area contributed by atoms with E-state index in [0.717, 1.165) is 5.69 Å². The van der Waals surface area contributed by atoms with Gasteiger partial charge in [-0.15, -0.1) is 0 Å². The van der Waals surface area contributed by atoms with Crippen molar-refractivity contribution in [1.82, 2.24) is 4.90 Å². The van der Waals surface area contributed by atoms with Gasteiger partial charge in [0.15, 0.2) is 5.11 Å². The van der Waals surface area contributed by atoms with Gasteiger partial charge in [-0.3, -0.25) is 0 Å². The third kappa shape index (κ3) is 3.20. The second-order valence-corrected chi connectivity index (χ2v) is 3.66. The van der Waals surface area contributed by atoms with Gasteiger partial charge in [-0.2, -0.15) is 0 Å². The molecule has 1 N–H and O–H groups in total. The molecule has 70 valence electrons. The van der Waals surface area contributed by atoms with Crippen molar-refractivity contribution in [2.45, 2.75) is 0 Å². The minimum atomic E-state index is 0.669. The number of hydrogen-bond acceptors (Lipinski definition) is 1. The van der Waals surface area contributed by atoms with Crippen LogP contribution in [0.5, 0.6) is 0 Å². The van der Waals surface area contributed by atoms with Crippen LogP contribution in [0.25, 0.3) is 0 Å². The quantitative estimate of drug-likeness (QED) is 0.724. The Morgan fingerprint density at radius 3 is 2.69 bits per heavy atom. The minimum Gasteiger partial charge on any atom is -0.355 e. The van der Waals surface area contributed by atoms with Gasteiger partial charge in [0.05, 0.1) is 0 Å². The molecule has 0 saturated heterocycles. The number of halogens is 1. The van der Waals surface area contributed by atoms with E-state index in [2.05, 4.69) is 5.32 Å². The molecular formula is C9H11ClN2S. The van der Waals surface area contributed by atoms with Crippen molar-refractivity contribution in [2.75, 3.05) is 19.4 Å². The van der Waals surface area contributed by atoms with Gasteiger partial charge in [-0.1, -0.05) is 17.7 Å². The fraction of sp³-hybridized carbons (Fsp3) is 0.222.